The molecule has 108 valence electrons. The molecule has 0 aliphatic rings. The van der Waals surface area contributed by atoms with Gasteiger partial charge in [0.15, 0.2) is 5.16 Å². The molecule has 0 aliphatic carbocycles. The van der Waals surface area contributed by atoms with Crippen LogP contribution in [0, 0.1) is 13.8 Å². The molecule has 0 amide bonds. The summed E-state index contributed by atoms with van der Waals surface area (Å²) in [5, 5.41) is 4.21. The predicted molar refractivity (Wildman–Crippen MR) is 89.0 cm³/mol. The van der Waals surface area contributed by atoms with Gasteiger partial charge in [-0.3, -0.25) is 0 Å². The van der Waals surface area contributed by atoms with Crippen molar-refractivity contribution in [3.8, 4) is 0 Å². The largest absolute Gasteiger partial charge is 0.337 e. The molecular weight excluding hydrogens is 298 g/mol. The smallest absolute Gasteiger partial charge is 0.166 e. The maximum Gasteiger partial charge on any atom is 0.166 e. The van der Waals surface area contributed by atoms with Gasteiger partial charge < -0.3 is 4.98 Å². The second-order valence-corrected chi connectivity index (χ2v) is 6.95. The first-order valence-corrected chi connectivity index (χ1v) is 8.70. The second kappa shape index (κ2) is 6.45. The number of H-pyrrole nitrogens is 1. The van der Waals surface area contributed by atoms with Crippen LogP contribution in [0.4, 0.5) is 0 Å². The average Bonchev–Trinajstić information content (AvgIpc) is 3.04. The Bertz CT molecular complexity index is 716. The van der Waals surface area contributed by atoms with Crippen molar-refractivity contribution in [3.63, 3.8) is 0 Å². The van der Waals surface area contributed by atoms with Crippen LogP contribution in [0.1, 0.15) is 27.7 Å². The van der Waals surface area contributed by atoms with Gasteiger partial charge in [0.05, 0.1) is 16.4 Å². The summed E-state index contributed by atoms with van der Waals surface area (Å²) in [5.41, 5.74) is 4.69. The lowest BCUT2D eigenvalue weighted by Gasteiger charge is -1.98. The molecule has 3 aromatic rings. The van der Waals surface area contributed by atoms with E-state index < -0.39 is 0 Å². The Balaban J connectivity index is 1.66. The lowest BCUT2D eigenvalue weighted by Crippen LogP contribution is -1.90. The zero-order chi connectivity index (χ0) is 14.7. The third-order valence-electron chi connectivity index (χ3n) is 3.20. The van der Waals surface area contributed by atoms with Gasteiger partial charge in [0.2, 0.25) is 0 Å². The van der Waals surface area contributed by atoms with Gasteiger partial charge in [0.1, 0.15) is 0 Å². The molecule has 0 unspecified atom stereocenters. The van der Waals surface area contributed by atoms with Crippen LogP contribution >= 0.6 is 23.1 Å². The van der Waals surface area contributed by atoms with Gasteiger partial charge in [0, 0.05) is 23.2 Å². The number of hydrogen-bond donors (Lipinski definition) is 1. The number of aromatic nitrogens is 3. The number of imidazole rings is 1. The molecule has 0 saturated carbocycles. The van der Waals surface area contributed by atoms with Crippen LogP contribution in [0.15, 0.2) is 40.9 Å². The van der Waals surface area contributed by atoms with E-state index in [4.69, 9.17) is 4.98 Å². The molecule has 21 heavy (non-hydrogen) atoms. The van der Waals surface area contributed by atoms with Crippen molar-refractivity contribution in [2.45, 2.75) is 31.2 Å². The summed E-state index contributed by atoms with van der Waals surface area (Å²) < 4.78 is 0. The van der Waals surface area contributed by atoms with Gasteiger partial charge in [-0.25, -0.2) is 9.97 Å². The third kappa shape index (κ3) is 3.74. The van der Waals surface area contributed by atoms with Crippen LogP contribution in [-0.4, -0.2) is 15.0 Å². The van der Waals surface area contributed by atoms with E-state index in [1.54, 1.807) is 23.1 Å². The lowest BCUT2D eigenvalue weighted by atomic mass is 10.1. The number of rotatable bonds is 5. The minimum Gasteiger partial charge on any atom is -0.337 e. The molecule has 2 aromatic heterocycles. The monoisotopic (exact) mass is 315 g/mol. The van der Waals surface area contributed by atoms with Crippen molar-refractivity contribution in [1.82, 2.24) is 15.0 Å². The minimum atomic E-state index is 0.863. The van der Waals surface area contributed by atoms with Crippen LogP contribution in [0.5, 0.6) is 0 Å². The van der Waals surface area contributed by atoms with Crippen molar-refractivity contribution in [2.75, 3.05) is 0 Å². The molecule has 0 fully saturated rings. The van der Waals surface area contributed by atoms with Gasteiger partial charge in [-0.2, -0.15) is 0 Å². The zero-order valence-electron chi connectivity index (χ0n) is 12.1. The van der Waals surface area contributed by atoms with E-state index in [0.29, 0.717) is 0 Å². The SMILES string of the molecule is Cc1nc(CSc2nc(Cc3ccccc3)c(C)[nH]2)cs1. The van der Waals surface area contributed by atoms with Crippen LogP contribution < -0.4 is 0 Å². The summed E-state index contributed by atoms with van der Waals surface area (Å²) in [4.78, 5) is 12.6. The molecule has 0 aliphatic heterocycles. The minimum absolute atomic E-state index is 0.863. The Morgan fingerprint density at radius 2 is 1.95 bits per heavy atom. The summed E-state index contributed by atoms with van der Waals surface area (Å²) in [7, 11) is 0. The van der Waals surface area contributed by atoms with Crippen molar-refractivity contribution >= 4 is 23.1 Å². The average molecular weight is 315 g/mol. The van der Waals surface area contributed by atoms with E-state index >= 15 is 0 Å². The van der Waals surface area contributed by atoms with Gasteiger partial charge in [-0.1, -0.05) is 42.1 Å². The molecule has 3 nitrogen and oxygen atoms in total. The lowest BCUT2D eigenvalue weighted by molar-refractivity contribution is 1.01. The highest BCUT2D eigenvalue weighted by Crippen LogP contribution is 2.23. The Morgan fingerprint density at radius 1 is 1.14 bits per heavy atom. The number of nitrogens with zero attached hydrogens (tertiary/aromatic N) is 2. The van der Waals surface area contributed by atoms with Crippen molar-refractivity contribution in [2.24, 2.45) is 0 Å². The number of aromatic amines is 1. The molecule has 2 heterocycles. The third-order valence-corrected chi connectivity index (χ3v) is 4.93. The van der Waals surface area contributed by atoms with Crippen LogP contribution in [-0.2, 0) is 12.2 Å². The predicted octanol–water partition coefficient (Wildman–Crippen LogP) is 4.37. The van der Waals surface area contributed by atoms with E-state index in [-0.39, 0.29) is 0 Å². The maximum absolute atomic E-state index is 4.71. The molecule has 1 aromatic carbocycles. The van der Waals surface area contributed by atoms with Crippen LogP contribution in [0.3, 0.4) is 0 Å². The second-order valence-electron chi connectivity index (χ2n) is 4.92. The topological polar surface area (TPSA) is 41.6 Å². The first-order chi connectivity index (χ1) is 10.2. The van der Waals surface area contributed by atoms with E-state index in [0.717, 1.165) is 39.4 Å². The fraction of sp³-hybridized carbons (Fsp3) is 0.250. The standard InChI is InChI=1S/C16H17N3S2/c1-11-15(8-13-6-4-3-5-7-13)19-16(17-11)21-10-14-9-20-12(2)18-14/h3-7,9H,8,10H2,1-2H3,(H,17,19). The van der Waals surface area contributed by atoms with E-state index in [1.165, 1.54) is 5.56 Å². The fourth-order valence-electron chi connectivity index (χ4n) is 2.11. The number of hydrogen-bond acceptors (Lipinski definition) is 4. The summed E-state index contributed by atoms with van der Waals surface area (Å²) in [6, 6.07) is 10.4. The molecule has 1 N–H and O–H groups in total. The molecule has 0 spiro atoms. The number of benzene rings is 1. The van der Waals surface area contributed by atoms with E-state index in [9.17, 15) is 0 Å². The fourth-order valence-corrected chi connectivity index (χ4v) is 3.66. The van der Waals surface area contributed by atoms with Crippen LogP contribution in [0.25, 0.3) is 0 Å². The van der Waals surface area contributed by atoms with Gasteiger partial charge in [-0.15, -0.1) is 11.3 Å². The molecule has 0 radical (unpaired) electrons. The normalized spacial score (nSPS) is 11.0. The number of thiazole rings is 1. The Labute approximate surface area is 132 Å². The number of thioether (sulfide) groups is 1. The van der Waals surface area contributed by atoms with Crippen molar-refractivity contribution in [3.05, 3.63) is 63.4 Å². The van der Waals surface area contributed by atoms with Gasteiger partial charge in [0.25, 0.3) is 0 Å². The van der Waals surface area contributed by atoms with Gasteiger partial charge in [-0.05, 0) is 19.4 Å². The Hall–Kier alpha value is -1.59. The highest BCUT2D eigenvalue weighted by Gasteiger charge is 2.09. The highest BCUT2D eigenvalue weighted by atomic mass is 32.2. The van der Waals surface area contributed by atoms with E-state index in [1.807, 2.05) is 13.0 Å². The van der Waals surface area contributed by atoms with Gasteiger partial charge >= 0.3 is 0 Å². The summed E-state index contributed by atoms with van der Waals surface area (Å²) in [6.45, 7) is 4.12. The quantitative estimate of drug-likeness (QED) is 0.711. The molecule has 0 saturated heterocycles. The molecule has 0 bridgehead atoms. The number of nitrogens with one attached hydrogen (secondary N) is 1. The molecule has 5 heteroatoms. The van der Waals surface area contributed by atoms with Crippen molar-refractivity contribution < 1.29 is 0 Å². The van der Waals surface area contributed by atoms with E-state index in [2.05, 4.69) is 46.5 Å². The van der Waals surface area contributed by atoms with Crippen molar-refractivity contribution in [1.29, 1.82) is 0 Å². The zero-order valence-corrected chi connectivity index (χ0v) is 13.7. The molecule has 3 rings (SSSR count). The summed E-state index contributed by atoms with van der Waals surface area (Å²) in [5.74, 6) is 0.863. The first kappa shape index (κ1) is 14.4. The van der Waals surface area contributed by atoms with Crippen LogP contribution in [0.2, 0.25) is 0 Å². The summed E-state index contributed by atoms with van der Waals surface area (Å²) >= 11 is 3.40. The Morgan fingerprint density at radius 3 is 2.67 bits per heavy atom. The maximum atomic E-state index is 4.71. The molecular formula is C16H17N3S2. The molecule has 0 atom stereocenters. The highest BCUT2D eigenvalue weighted by molar-refractivity contribution is 7.98. The summed E-state index contributed by atoms with van der Waals surface area (Å²) in [6.07, 6.45) is 0.875. The number of aryl methyl sites for hydroxylation is 2. The Kier molecular flexibility index (Phi) is 4.41. The first-order valence-electron chi connectivity index (χ1n) is 6.84.